The van der Waals surface area contributed by atoms with Gasteiger partial charge in [-0.2, -0.15) is 4.31 Å². The molecule has 3 amide bonds. The number of amides is 3. The van der Waals surface area contributed by atoms with Gasteiger partial charge in [-0.3, -0.25) is 38.9 Å². The van der Waals surface area contributed by atoms with E-state index in [1.807, 2.05) is 0 Å². The molecule has 2 heterocycles. The first-order valence-electron chi connectivity index (χ1n) is 21.3. The van der Waals surface area contributed by atoms with Crippen molar-refractivity contribution in [2.24, 2.45) is 17.3 Å². The smallest absolute Gasteiger partial charge is 0.410 e. The number of ketones is 1. The molecule has 0 spiro atoms. The predicted octanol–water partition coefficient (Wildman–Crippen LogP) is 4.92. The summed E-state index contributed by atoms with van der Waals surface area (Å²) in [4.78, 5) is 83.4. The van der Waals surface area contributed by atoms with Crippen LogP contribution in [0.4, 0.5) is 14.9 Å². The number of allylic oxidation sites excluding steroid dienone is 2. The minimum Gasteiger partial charge on any atom is -0.460 e. The fraction of sp³-hybridized carbons (Fsp3) is 0.523. The van der Waals surface area contributed by atoms with Crippen molar-refractivity contribution in [3.05, 3.63) is 94.8 Å². The summed E-state index contributed by atoms with van der Waals surface area (Å²) in [6, 6.07) is 7.65. The van der Waals surface area contributed by atoms with Gasteiger partial charge < -0.3 is 14.4 Å². The minimum absolute atomic E-state index is 0.0156. The third-order valence-electron chi connectivity index (χ3n) is 12.0. The number of unbranched alkanes of at least 4 members (excludes halogenated alkanes) is 1. The highest BCUT2D eigenvalue weighted by atomic mass is 32.2. The molecule has 3 fully saturated rings. The maximum absolute atomic E-state index is 15.1. The maximum atomic E-state index is 15.1. The molecule has 21 heteroatoms. The van der Waals surface area contributed by atoms with Crippen molar-refractivity contribution in [2.45, 2.75) is 113 Å². The van der Waals surface area contributed by atoms with E-state index < -0.39 is 137 Å². The van der Waals surface area contributed by atoms with E-state index in [4.69, 9.17) is 9.47 Å². The summed E-state index contributed by atoms with van der Waals surface area (Å²) in [6.45, 7) is 10.7. The molecule has 0 aromatic heterocycles. The van der Waals surface area contributed by atoms with Crippen LogP contribution in [-0.4, -0.2) is 108 Å². The second-order valence-electron chi connectivity index (χ2n) is 18.0. The van der Waals surface area contributed by atoms with Crippen molar-refractivity contribution in [1.29, 1.82) is 0 Å². The number of carbonyl (C=O) groups excluding carboxylic acids is 5. The lowest BCUT2D eigenvalue weighted by atomic mass is 9.91. The van der Waals surface area contributed by atoms with Crippen molar-refractivity contribution >= 4 is 55.4 Å². The molecular weight excluding hydrogens is 890 g/mol. The number of nitrogens with zero attached hydrogens (tertiary/aromatic N) is 4. The number of benzene rings is 2. The number of sulfonamides is 2. The normalized spacial score (nSPS) is 22.1. The lowest BCUT2D eigenvalue weighted by Crippen LogP contribution is -2.49. The van der Waals surface area contributed by atoms with E-state index in [1.54, 1.807) is 26.8 Å². The molecular formula is C44H54FN5O13S2. The number of esters is 1. The molecule has 1 N–H and O–H groups in total. The third-order valence-corrected chi connectivity index (χ3v) is 15.8. The number of rotatable bonds is 20. The number of hydrogen-bond acceptors (Lipinski definition) is 13. The van der Waals surface area contributed by atoms with Crippen molar-refractivity contribution in [1.82, 2.24) is 18.8 Å². The summed E-state index contributed by atoms with van der Waals surface area (Å²) < 4.78 is 83.5. The zero-order valence-electron chi connectivity index (χ0n) is 36.5. The van der Waals surface area contributed by atoms with Crippen LogP contribution in [0, 0.1) is 33.2 Å². The molecule has 2 saturated carbocycles. The fourth-order valence-corrected chi connectivity index (χ4v) is 11.5. The molecule has 352 valence electrons. The maximum Gasteiger partial charge on any atom is 0.410 e. The molecule has 1 unspecified atom stereocenters. The molecule has 2 aromatic rings. The Balaban J connectivity index is 1.35. The highest BCUT2D eigenvalue weighted by molar-refractivity contribution is 7.91. The largest absolute Gasteiger partial charge is 0.460 e. The number of carbonyl (C=O) groups is 5. The van der Waals surface area contributed by atoms with Gasteiger partial charge in [-0.25, -0.2) is 26.0 Å². The van der Waals surface area contributed by atoms with E-state index in [1.165, 1.54) is 41.3 Å². The Labute approximate surface area is 377 Å². The summed E-state index contributed by atoms with van der Waals surface area (Å²) in [6.07, 6.45) is 0.618. The van der Waals surface area contributed by atoms with Crippen LogP contribution in [0.2, 0.25) is 0 Å². The number of para-hydroxylation sites is 1. The first kappa shape index (κ1) is 48.9. The third kappa shape index (κ3) is 11.1. The standard InChI is InChI=1S/C44H54FN5O13S2/c1-6-8-11-19-48(65(60,61)38-16-10-9-15-35(38)50(56)57)25-29(20-39(52)63-43(3,4)5)40(53)49-26-31(62-42(55)47-24-28-13-12-14-34(45)33(28)27-47)21-36(49)37(51)23-44(22-30(44)7-2)41(54)46-64(58,59)32-17-18-32/h6-7,9-10,12-16,29-32,36H,1-2,8,11,17-27H2,3-5H3,(H,46,54)/t29-,30+,31?,36-,44+/m0/s1. The van der Waals surface area contributed by atoms with Crippen molar-refractivity contribution < 1.29 is 59.6 Å². The zero-order valence-corrected chi connectivity index (χ0v) is 38.1. The van der Waals surface area contributed by atoms with Crippen molar-refractivity contribution in [3.63, 3.8) is 0 Å². The Kier molecular flexibility index (Phi) is 14.4. The molecule has 0 radical (unpaired) electrons. The number of likely N-dealkylation sites (tertiary alicyclic amines) is 1. The molecule has 6 rings (SSSR count). The van der Waals surface area contributed by atoms with Gasteiger partial charge >= 0.3 is 12.1 Å². The number of Topliss-reactive ketones (excluding diaryl/α,β-unsaturated/α-hetero) is 1. The van der Waals surface area contributed by atoms with Crippen LogP contribution in [0.1, 0.15) is 83.3 Å². The monoisotopic (exact) mass is 943 g/mol. The number of nitrogens with one attached hydrogen (secondary N) is 1. The summed E-state index contributed by atoms with van der Waals surface area (Å²) in [5.41, 5.74) is -2.46. The van der Waals surface area contributed by atoms with Gasteiger partial charge in [0.05, 0.1) is 47.1 Å². The van der Waals surface area contributed by atoms with E-state index >= 15 is 4.79 Å². The number of halogens is 1. The summed E-state index contributed by atoms with van der Waals surface area (Å²) in [5.74, 6) is -6.15. The Hall–Kier alpha value is -5.54. The van der Waals surface area contributed by atoms with Crippen molar-refractivity contribution in [3.8, 4) is 0 Å². The van der Waals surface area contributed by atoms with Gasteiger partial charge in [-0.15, -0.1) is 13.2 Å². The van der Waals surface area contributed by atoms with Gasteiger partial charge in [0.25, 0.3) is 5.69 Å². The average molecular weight is 944 g/mol. The van der Waals surface area contributed by atoms with Gasteiger partial charge in [-0.05, 0) is 76.5 Å². The zero-order chi connectivity index (χ0) is 47.6. The van der Waals surface area contributed by atoms with Crippen LogP contribution < -0.4 is 4.72 Å². The van der Waals surface area contributed by atoms with Gasteiger partial charge in [0.2, 0.25) is 31.9 Å². The molecule has 2 aliphatic carbocycles. The number of nitro benzene ring substituents is 1. The molecule has 1 saturated heterocycles. The Morgan fingerprint density at radius 1 is 1.06 bits per heavy atom. The summed E-state index contributed by atoms with van der Waals surface area (Å²) in [7, 11) is -8.78. The second kappa shape index (κ2) is 19.1. The van der Waals surface area contributed by atoms with Gasteiger partial charge in [0.15, 0.2) is 10.7 Å². The first-order chi connectivity index (χ1) is 30.5. The van der Waals surface area contributed by atoms with E-state index in [2.05, 4.69) is 17.9 Å². The SMILES string of the molecule is C=CCCCN(C[C@H](CC(=O)OC(C)(C)C)C(=O)N1CC(OC(=O)N2Cc3cccc(F)c3C2)C[C@H]1C(=O)C[C@]1(C(=O)NS(=O)(=O)C2CC2)C[C@H]1C=C)S(=O)(=O)c1ccccc1[N+](=O)[O-]. The number of fused-ring (bicyclic) bond motifs is 1. The average Bonchev–Trinajstić information content (AvgIpc) is 4.13. The van der Waals surface area contributed by atoms with Crippen LogP contribution >= 0.6 is 0 Å². The lowest BCUT2D eigenvalue weighted by molar-refractivity contribution is -0.387. The Morgan fingerprint density at radius 3 is 2.38 bits per heavy atom. The van der Waals surface area contributed by atoms with E-state index in [0.29, 0.717) is 30.4 Å². The minimum atomic E-state index is -4.76. The topological polar surface area (TPSA) is 237 Å². The van der Waals surface area contributed by atoms with E-state index in [9.17, 15) is 50.5 Å². The number of ether oxygens (including phenoxy) is 2. The Bertz CT molecular complexity index is 2490. The van der Waals surface area contributed by atoms with Crippen molar-refractivity contribution in [2.75, 3.05) is 19.6 Å². The predicted molar refractivity (Wildman–Crippen MR) is 232 cm³/mol. The molecule has 2 aliphatic heterocycles. The highest BCUT2D eigenvalue weighted by Gasteiger charge is 2.61. The summed E-state index contributed by atoms with van der Waals surface area (Å²) in [5, 5.41) is 11.3. The van der Waals surface area contributed by atoms with E-state index in [-0.39, 0.29) is 38.9 Å². The van der Waals surface area contributed by atoms with Crippen LogP contribution in [0.15, 0.2) is 72.7 Å². The van der Waals surface area contributed by atoms with Gasteiger partial charge in [0, 0.05) is 44.1 Å². The fourth-order valence-electron chi connectivity index (χ4n) is 8.45. The van der Waals surface area contributed by atoms with Crippen LogP contribution in [-0.2, 0) is 61.8 Å². The van der Waals surface area contributed by atoms with E-state index in [0.717, 1.165) is 21.3 Å². The van der Waals surface area contributed by atoms with Gasteiger partial charge in [-0.1, -0.05) is 36.4 Å². The van der Waals surface area contributed by atoms with Crippen LogP contribution in [0.25, 0.3) is 0 Å². The molecule has 18 nitrogen and oxygen atoms in total. The second-order valence-corrected chi connectivity index (χ2v) is 21.9. The quantitative estimate of drug-likeness (QED) is 0.0611. The number of hydrogen-bond donors (Lipinski definition) is 1. The lowest BCUT2D eigenvalue weighted by Gasteiger charge is -2.32. The van der Waals surface area contributed by atoms with Gasteiger partial charge in [0.1, 0.15) is 17.5 Å². The molecule has 4 aliphatic rings. The van der Waals surface area contributed by atoms with Crippen LogP contribution in [0.5, 0.6) is 0 Å². The number of nitro groups is 1. The molecule has 2 aromatic carbocycles. The van der Waals surface area contributed by atoms with Crippen LogP contribution in [0.3, 0.4) is 0 Å². The molecule has 0 bridgehead atoms. The Morgan fingerprint density at radius 2 is 1.77 bits per heavy atom. The summed E-state index contributed by atoms with van der Waals surface area (Å²) >= 11 is 0. The first-order valence-corrected chi connectivity index (χ1v) is 24.3. The molecule has 5 atom stereocenters. The highest BCUT2D eigenvalue weighted by Crippen LogP contribution is 2.57. The molecule has 65 heavy (non-hydrogen) atoms.